The van der Waals surface area contributed by atoms with Gasteiger partial charge in [0.25, 0.3) is 0 Å². The van der Waals surface area contributed by atoms with Crippen molar-refractivity contribution in [2.24, 2.45) is 0 Å². The van der Waals surface area contributed by atoms with E-state index in [4.69, 9.17) is 0 Å². The Morgan fingerprint density at radius 3 is 2.15 bits per heavy atom. The Kier molecular flexibility index (Phi) is 5.88. The minimum atomic E-state index is -3.79. The molecule has 110 valence electrons. The second kappa shape index (κ2) is 7.19. The third-order valence-electron chi connectivity index (χ3n) is 2.68. The van der Waals surface area contributed by atoms with E-state index >= 15 is 0 Å². The van der Waals surface area contributed by atoms with Crippen LogP contribution in [-0.4, -0.2) is 38.3 Å². The second-order valence-corrected chi connectivity index (χ2v) is 6.38. The molecule has 1 rings (SSSR count). The lowest BCUT2D eigenvalue weighted by atomic mass is 10.1. The van der Waals surface area contributed by atoms with Gasteiger partial charge in [0.15, 0.2) is 15.6 Å². The summed E-state index contributed by atoms with van der Waals surface area (Å²) in [5.41, 5.74) is 1.39. The van der Waals surface area contributed by atoms with Gasteiger partial charge in [0.1, 0.15) is 11.5 Å². The van der Waals surface area contributed by atoms with Gasteiger partial charge in [-0.2, -0.15) is 0 Å². The van der Waals surface area contributed by atoms with Gasteiger partial charge in [0.05, 0.1) is 6.61 Å². The van der Waals surface area contributed by atoms with Crippen molar-refractivity contribution in [3.05, 3.63) is 35.4 Å². The van der Waals surface area contributed by atoms with E-state index in [1.54, 1.807) is 31.2 Å². The van der Waals surface area contributed by atoms with Crippen LogP contribution in [0.4, 0.5) is 0 Å². The lowest BCUT2D eigenvalue weighted by molar-refractivity contribution is -0.139. The molecule has 20 heavy (non-hydrogen) atoms. The van der Waals surface area contributed by atoms with Gasteiger partial charge in [-0.05, 0) is 18.9 Å². The SMILES string of the molecule is CCOC(=O)CS(=O)(=O)CC(=O)c1ccc(CC)cc1. The fourth-order valence-electron chi connectivity index (χ4n) is 1.64. The highest BCUT2D eigenvalue weighted by atomic mass is 32.2. The summed E-state index contributed by atoms with van der Waals surface area (Å²) in [4.78, 5) is 23.0. The van der Waals surface area contributed by atoms with Gasteiger partial charge < -0.3 is 4.74 Å². The van der Waals surface area contributed by atoms with Crippen LogP contribution in [0.2, 0.25) is 0 Å². The first-order valence-corrected chi connectivity index (χ1v) is 8.18. The maximum Gasteiger partial charge on any atom is 0.321 e. The summed E-state index contributed by atoms with van der Waals surface area (Å²) in [6.45, 7) is 3.69. The van der Waals surface area contributed by atoms with Crippen molar-refractivity contribution < 1.29 is 22.7 Å². The maximum atomic E-state index is 11.9. The minimum Gasteiger partial charge on any atom is -0.465 e. The zero-order chi connectivity index (χ0) is 15.2. The van der Waals surface area contributed by atoms with E-state index in [0.717, 1.165) is 12.0 Å². The summed E-state index contributed by atoms with van der Waals surface area (Å²) in [6.07, 6.45) is 0.843. The molecule has 0 saturated heterocycles. The highest BCUT2D eigenvalue weighted by Gasteiger charge is 2.22. The van der Waals surface area contributed by atoms with E-state index in [1.165, 1.54) is 0 Å². The van der Waals surface area contributed by atoms with E-state index in [-0.39, 0.29) is 6.61 Å². The summed E-state index contributed by atoms with van der Waals surface area (Å²) in [5.74, 6) is -2.80. The standard InChI is InChI=1S/C14H18O5S/c1-3-11-5-7-12(8-6-11)13(15)9-20(17,18)10-14(16)19-4-2/h5-8H,3-4,9-10H2,1-2H3. The Hall–Kier alpha value is -1.69. The highest BCUT2D eigenvalue weighted by Crippen LogP contribution is 2.07. The van der Waals surface area contributed by atoms with Crippen LogP contribution in [0.15, 0.2) is 24.3 Å². The van der Waals surface area contributed by atoms with Crippen molar-refractivity contribution >= 4 is 21.6 Å². The van der Waals surface area contributed by atoms with E-state index in [2.05, 4.69) is 4.74 Å². The molecule has 0 aromatic heterocycles. The van der Waals surface area contributed by atoms with Gasteiger partial charge in [0, 0.05) is 5.56 Å². The van der Waals surface area contributed by atoms with Crippen LogP contribution in [-0.2, 0) is 25.8 Å². The number of sulfone groups is 1. The monoisotopic (exact) mass is 298 g/mol. The van der Waals surface area contributed by atoms with Crippen molar-refractivity contribution in [2.75, 3.05) is 18.1 Å². The Morgan fingerprint density at radius 2 is 1.65 bits per heavy atom. The Morgan fingerprint density at radius 1 is 1.05 bits per heavy atom. The highest BCUT2D eigenvalue weighted by molar-refractivity contribution is 7.92. The molecule has 0 heterocycles. The molecular weight excluding hydrogens is 280 g/mol. The molecule has 0 fully saturated rings. The number of ether oxygens (including phenoxy) is 1. The molecule has 0 aliphatic heterocycles. The van der Waals surface area contributed by atoms with Crippen LogP contribution < -0.4 is 0 Å². The van der Waals surface area contributed by atoms with E-state index < -0.39 is 33.1 Å². The van der Waals surface area contributed by atoms with Crippen molar-refractivity contribution in [1.29, 1.82) is 0 Å². The molecule has 0 unspecified atom stereocenters. The lowest BCUT2D eigenvalue weighted by Crippen LogP contribution is -2.25. The summed E-state index contributed by atoms with van der Waals surface area (Å²) in [5, 5.41) is 0. The van der Waals surface area contributed by atoms with Crippen LogP contribution in [0.5, 0.6) is 0 Å². The Bertz CT molecular complexity index is 572. The van der Waals surface area contributed by atoms with Gasteiger partial charge in [-0.3, -0.25) is 9.59 Å². The topological polar surface area (TPSA) is 77.5 Å². The molecule has 1 aromatic carbocycles. The maximum absolute atomic E-state index is 11.9. The smallest absolute Gasteiger partial charge is 0.321 e. The number of ketones is 1. The molecule has 0 aliphatic carbocycles. The van der Waals surface area contributed by atoms with Crippen molar-refractivity contribution in [3.63, 3.8) is 0 Å². The zero-order valence-corrected chi connectivity index (χ0v) is 12.4. The number of Topliss-reactive ketones (excluding diaryl/α,β-unsaturated/α-hetero) is 1. The molecule has 6 heteroatoms. The molecule has 0 aliphatic rings. The van der Waals surface area contributed by atoms with E-state index in [9.17, 15) is 18.0 Å². The molecule has 0 bridgehead atoms. The van der Waals surface area contributed by atoms with Crippen molar-refractivity contribution in [3.8, 4) is 0 Å². The molecular formula is C14H18O5S. The number of aryl methyl sites for hydroxylation is 1. The van der Waals surface area contributed by atoms with E-state index in [0.29, 0.717) is 5.56 Å². The van der Waals surface area contributed by atoms with Crippen LogP contribution in [0, 0.1) is 0 Å². The van der Waals surface area contributed by atoms with Crippen LogP contribution >= 0.6 is 0 Å². The second-order valence-electron chi connectivity index (χ2n) is 4.31. The minimum absolute atomic E-state index is 0.112. The summed E-state index contributed by atoms with van der Waals surface area (Å²) >= 11 is 0. The average Bonchev–Trinajstić information content (AvgIpc) is 2.37. The molecule has 0 N–H and O–H groups in total. The largest absolute Gasteiger partial charge is 0.465 e. The average molecular weight is 298 g/mol. The molecule has 0 radical (unpaired) electrons. The Balaban J connectivity index is 2.71. The third-order valence-corrected chi connectivity index (χ3v) is 4.06. The number of rotatable bonds is 7. The van der Waals surface area contributed by atoms with Crippen molar-refractivity contribution in [2.45, 2.75) is 20.3 Å². The predicted octanol–water partition coefficient (Wildman–Crippen LogP) is 1.41. The lowest BCUT2D eigenvalue weighted by Gasteiger charge is -2.05. The van der Waals surface area contributed by atoms with Gasteiger partial charge in [-0.25, -0.2) is 8.42 Å². The fraction of sp³-hybridized carbons (Fsp3) is 0.429. The summed E-state index contributed by atoms with van der Waals surface area (Å²) < 4.78 is 28.0. The summed E-state index contributed by atoms with van der Waals surface area (Å²) in [7, 11) is -3.79. The first-order valence-electron chi connectivity index (χ1n) is 6.36. The van der Waals surface area contributed by atoms with Gasteiger partial charge in [0.2, 0.25) is 0 Å². The predicted molar refractivity (Wildman–Crippen MR) is 75.4 cm³/mol. The number of carbonyl (C=O) groups is 2. The molecule has 0 saturated carbocycles. The molecule has 1 aromatic rings. The zero-order valence-electron chi connectivity index (χ0n) is 11.6. The van der Waals surface area contributed by atoms with Crippen LogP contribution in [0.25, 0.3) is 0 Å². The first-order chi connectivity index (χ1) is 9.38. The molecule has 0 spiro atoms. The number of carbonyl (C=O) groups excluding carboxylic acids is 2. The third kappa shape index (κ3) is 5.13. The molecule has 5 nitrogen and oxygen atoms in total. The number of benzene rings is 1. The van der Waals surface area contributed by atoms with Gasteiger partial charge in [-0.1, -0.05) is 31.2 Å². The number of esters is 1. The molecule has 0 atom stereocenters. The number of hydrogen-bond donors (Lipinski definition) is 0. The quantitative estimate of drug-likeness (QED) is 0.562. The Labute approximate surface area is 118 Å². The fourth-order valence-corrected chi connectivity index (χ4v) is 2.75. The summed E-state index contributed by atoms with van der Waals surface area (Å²) in [6, 6.07) is 6.76. The normalized spacial score (nSPS) is 11.1. The first kappa shape index (κ1) is 16.4. The van der Waals surface area contributed by atoms with Gasteiger partial charge >= 0.3 is 5.97 Å². The number of hydrogen-bond acceptors (Lipinski definition) is 5. The van der Waals surface area contributed by atoms with Gasteiger partial charge in [-0.15, -0.1) is 0 Å². The van der Waals surface area contributed by atoms with Crippen LogP contribution in [0.1, 0.15) is 29.8 Å². The van der Waals surface area contributed by atoms with Crippen LogP contribution in [0.3, 0.4) is 0 Å². The van der Waals surface area contributed by atoms with Crippen molar-refractivity contribution in [1.82, 2.24) is 0 Å². The van der Waals surface area contributed by atoms with E-state index in [1.807, 2.05) is 6.92 Å². The molecule has 0 amide bonds.